The Morgan fingerprint density at radius 3 is 2.68 bits per heavy atom. The first kappa shape index (κ1) is 13.1. The van der Waals surface area contributed by atoms with E-state index in [0.29, 0.717) is 5.02 Å². The van der Waals surface area contributed by atoms with Crippen molar-refractivity contribution in [2.75, 3.05) is 0 Å². The van der Waals surface area contributed by atoms with Gasteiger partial charge in [0.15, 0.2) is 0 Å². The summed E-state index contributed by atoms with van der Waals surface area (Å²) in [4.78, 5) is 0.904. The molecule has 0 bridgehead atoms. The van der Waals surface area contributed by atoms with Crippen LogP contribution in [-0.2, 0) is 0 Å². The number of fused-ring (bicyclic) bond motifs is 1. The standard InChI is InChI=1S/C15H10BrClOS/c16-10-5-6-12(17)11(8-10)15(18)14-7-9-3-1-2-4-13(9)19-14/h1-8,15,18H/t15-/m0/s1. The highest BCUT2D eigenvalue weighted by Crippen LogP contribution is 2.36. The van der Waals surface area contributed by atoms with E-state index in [4.69, 9.17) is 11.6 Å². The molecule has 1 aromatic heterocycles. The summed E-state index contributed by atoms with van der Waals surface area (Å²) in [6.45, 7) is 0. The lowest BCUT2D eigenvalue weighted by molar-refractivity contribution is 0.224. The molecule has 96 valence electrons. The second-order valence-electron chi connectivity index (χ2n) is 4.25. The van der Waals surface area contributed by atoms with Gasteiger partial charge in [-0.2, -0.15) is 0 Å². The van der Waals surface area contributed by atoms with Crippen LogP contribution in [0.4, 0.5) is 0 Å². The first-order chi connectivity index (χ1) is 9.15. The molecule has 0 aliphatic carbocycles. The summed E-state index contributed by atoms with van der Waals surface area (Å²) < 4.78 is 2.08. The average molecular weight is 354 g/mol. The van der Waals surface area contributed by atoms with Crippen LogP contribution >= 0.6 is 38.9 Å². The highest BCUT2D eigenvalue weighted by molar-refractivity contribution is 9.10. The molecule has 1 atom stereocenters. The van der Waals surface area contributed by atoms with Gasteiger partial charge in [0, 0.05) is 24.6 Å². The van der Waals surface area contributed by atoms with E-state index in [2.05, 4.69) is 22.0 Å². The maximum absolute atomic E-state index is 10.5. The van der Waals surface area contributed by atoms with Gasteiger partial charge in [-0.05, 0) is 35.7 Å². The predicted molar refractivity (Wildman–Crippen MR) is 85.0 cm³/mol. The van der Waals surface area contributed by atoms with E-state index in [0.717, 1.165) is 20.3 Å². The van der Waals surface area contributed by atoms with Crippen molar-refractivity contribution in [1.82, 2.24) is 0 Å². The van der Waals surface area contributed by atoms with E-state index in [1.807, 2.05) is 36.4 Å². The zero-order valence-electron chi connectivity index (χ0n) is 9.81. The lowest BCUT2D eigenvalue weighted by atomic mass is 10.1. The molecule has 4 heteroatoms. The minimum Gasteiger partial charge on any atom is -0.383 e. The molecular formula is C15H10BrClOS. The lowest BCUT2D eigenvalue weighted by Crippen LogP contribution is -1.97. The monoisotopic (exact) mass is 352 g/mol. The topological polar surface area (TPSA) is 20.2 Å². The first-order valence-electron chi connectivity index (χ1n) is 5.76. The Morgan fingerprint density at radius 2 is 1.89 bits per heavy atom. The maximum atomic E-state index is 10.5. The summed E-state index contributed by atoms with van der Waals surface area (Å²) in [5.74, 6) is 0. The van der Waals surface area contributed by atoms with Crippen LogP contribution in [0.1, 0.15) is 16.5 Å². The fraction of sp³-hybridized carbons (Fsp3) is 0.0667. The molecule has 0 saturated carbocycles. The predicted octanol–water partition coefficient (Wildman–Crippen LogP) is 5.40. The second kappa shape index (κ2) is 5.25. The maximum Gasteiger partial charge on any atom is 0.115 e. The van der Waals surface area contributed by atoms with Crippen molar-refractivity contribution in [1.29, 1.82) is 0 Å². The van der Waals surface area contributed by atoms with Crippen LogP contribution in [0, 0.1) is 0 Å². The van der Waals surface area contributed by atoms with E-state index in [9.17, 15) is 5.11 Å². The second-order valence-corrected chi connectivity index (χ2v) is 6.69. The molecule has 0 unspecified atom stereocenters. The molecule has 1 N–H and O–H groups in total. The van der Waals surface area contributed by atoms with Gasteiger partial charge in [-0.25, -0.2) is 0 Å². The summed E-state index contributed by atoms with van der Waals surface area (Å²) in [6, 6.07) is 15.6. The molecule has 1 nitrogen and oxygen atoms in total. The summed E-state index contributed by atoms with van der Waals surface area (Å²) in [6.07, 6.45) is -0.692. The Balaban J connectivity index is 2.07. The van der Waals surface area contributed by atoms with Gasteiger partial charge in [0.2, 0.25) is 0 Å². The zero-order valence-corrected chi connectivity index (χ0v) is 13.0. The highest BCUT2D eigenvalue weighted by Gasteiger charge is 2.16. The van der Waals surface area contributed by atoms with Crippen molar-refractivity contribution in [3.8, 4) is 0 Å². The summed E-state index contributed by atoms with van der Waals surface area (Å²) in [5, 5.41) is 12.2. The van der Waals surface area contributed by atoms with Crippen molar-refractivity contribution >= 4 is 49.0 Å². The molecule has 0 aliphatic heterocycles. The first-order valence-corrected chi connectivity index (χ1v) is 7.75. The quantitative estimate of drug-likeness (QED) is 0.654. The van der Waals surface area contributed by atoms with Gasteiger partial charge in [-0.3, -0.25) is 0 Å². The smallest absolute Gasteiger partial charge is 0.115 e. The van der Waals surface area contributed by atoms with Crippen molar-refractivity contribution in [3.05, 3.63) is 68.5 Å². The molecule has 1 heterocycles. The Hall–Kier alpha value is -0.870. The molecule has 0 saturated heterocycles. The molecule has 0 amide bonds. The van der Waals surface area contributed by atoms with E-state index in [-0.39, 0.29) is 0 Å². The van der Waals surface area contributed by atoms with Gasteiger partial charge in [0.05, 0.1) is 0 Å². The van der Waals surface area contributed by atoms with Crippen molar-refractivity contribution in [2.45, 2.75) is 6.10 Å². The van der Waals surface area contributed by atoms with Crippen molar-refractivity contribution in [3.63, 3.8) is 0 Å². The third kappa shape index (κ3) is 2.56. The number of hydrogen-bond acceptors (Lipinski definition) is 2. The molecule has 0 radical (unpaired) electrons. The number of aliphatic hydroxyl groups excluding tert-OH is 1. The lowest BCUT2D eigenvalue weighted by Gasteiger charge is -2.11. The molecule has 3 aromatic rings. The molecule has 3 rings (SSSR count). The summed E-state index contributed by atoms with van der Waals surface area (Å²) in [5.41, 5.74) is 0.725. The van der Waals surface area contributed by atoms with Crippen LogP contribution in [0.5, 0.6) is 0 Å². The van der Waals surface area contributed by atoms with E-state index in [1.165, 1.54) is 4.70 Å². The van der Waals surface area contributed by atoms with Gasteiger partial charge in [-0.1, -0.05) is 45.7 Å². The van der Waals surface area contributed by atoms with E-state index in [1.54, 1.807) is 17.4 Å². The van der Waals surface area contributed by atoms with E-state index < -0.39 is 6.10 Å². The third-order valence-electron chi connectivity index (χ3n) is 2.97. The van der Waals surface area contributed by atoms with Crippen molar-refractivity contribution < 1.29 is 5.11 Å². The van der Waals surface area contributed by atoms with Crippen LogP contribution in [0.25, 0.3) is 10.1 Å². The Morgan fingerprint density at radius 1 is 1.11 bits per heavy atom. The van der Waals surface area contributed by atoms with Gasteiger partial charge >= 0.3 is 0 Å². The number of aliphatic hydroxyl groups is 1. The number of thiophene rings is 1. The SMILES string of the molecule is O[C@H](c1cc2ccccc2s1)c1cc(Br)ccc1Cl. The fourth-order valence-corrected chi connectivity index (χ4v) is 3.68. The zero-order chi connectivity index (χ0) is 13.4. The van der Waals surface area contributed by atoms with Crippen LogP contribution in [0.3, 0.4) is 0 Å². The Bertz CT molecular complexity index is 705. The average Bonchev–Trinajstić information content (AvgIpc) is 2.84. The van der Waals surface area contributed by atoms with Gasteiger partial charge < -0.3 is 5.11 Å². The van der Waals surface area contributed by atoms with Gasteiger partial charge in [0.1, 0.15) is 6.10 Å². The molecule has 0 spiro atoms. The van der Waals surface area contributed by atoms with E-state index >= 15 is 0 Å². The van der Waals surface area contributed by atoms with Crippen LogP contribution < -0.4 is 0 Å². The number of rotatable bonds is 2. The van der Waals surface area contributed by atoms with Gasteiger partial charge in [-0.15, -0.1) is 11.3 Å². The summed E-state index contributed by atoms with van der Waals surface area (Å²) >= 11 is 11.2. The minimum atomic E-state index is -0.692. The third-order valence-corrected chi connectivity index (χ3v) is 4.97. The largest absolute Gasteiger partial charge is 0.383 e. The number of halogens is 2. The summed E-state index contributed by atoms with van der Waals surface area (Å²) in [7, 11) is 0. The number of hydrogen-bond donors (Lipinski definition) is 1. The Kier molecular flexibility index (Phi) is 3.63. The minimum absolute atomic E-state index is 0.577. The fourth-order valence-electron chi connectivity index (χ4n) is 2.01. The molecule has 19 heavy (non-hydrogen) atoms. The Labute approximate surface area is 128 Å². The van der Waals surface area contributed by atoms with Crippen LogP contribution in [-0.4, -0.2) is 5.11 Å². The number of benzene rings is 2. The molecule has 2 aromatic carbocycles. The van der Waals surface area contributed by atoms with Crippen molar-refractivity contribution in [2.24, 2.45) is 0 Å². The van der Waals surface area contributed by atoms with Crippen LogP contribution in [0.15, 0.2) is 53.0 Å². The molecular weight excluding hydrogens is 344 g/mol. The molecule has 0 aliphatic rings. The molecule has 0 fully saturated rings. The normalized spacial score (nSPS) is 12.8. The highest BCUT2D eigenvalue weighted by atomic mass is 79.9. The van der Waals surface area contributed by atoms with Crippen LogP contribution in [0.2, 0.25) is 5.02 Å². The van der Waals surface area contributed by atoms with Gasteiger partial charge in [0.25, 0.3) is 0 Å².